The first kappa shape index (κ1) is 26.4. The summed E-state index contributed by atoms with van der Waals surface area (Å²) in [7, 11) is -3.62. The highest BCUT2D eigenvalue weighted by Crippen LogP contribution is 2.24. The van der Waals surface area contributed by atoms with E-state index in [1.165, 1.54) is 0 Å². The summed E-state index contributed by atoms with van der Waals surface area (Å²) in [5, 5.41) is 18.8. The summed E-state index contributed by atoms with van der Waals surface area (Å²) in [6.07, 6.45) is 1.51. The number of hydrogen-bond donors (Lipinski definition) is 2. The van der Waals surface area contributed by atoms with Crippen LogP contribution in [0.5, 0.6) is 0 Å². The topological polar surface area (TPSA) is 114 Å². The summed E-state index contributed by atoms with van der Waals surface area (Å²) in [5.74, 6) is -0.527. The van der Waals surface area contributed by atoms with Gasteiger partial charge in [-0.05, 0) is 65.6 Å². The Bertz CT molecular complexity index is 1580. The summed E-state index contributed by atoms with van der Waals surface area (Å²) in [5.41, 5.74) is 2.29. The molecule has 1 saturated heterocycles. The Hall–Kier alpha value is -4.21. The van der Waals surface area contributed by atoms with Crippen LogP contribution < -0.4 is 14.9 Å². The minimum atomic E-state index is -3.62. The number of hydrogen-bond acceptors (Lipinski definition) is 6. The zero-order valence-corrected chi connectivity index (χ0v) is 22.1. The summed E-state index contributed by atoms with van der Waals surface area (Å²) < 4.78 is 28.9. The van der Waals surface area contributed by atoms with E-state index in [0.717, 1.165) is 22.0 Å². The van der Waals surface area contributed by atoms with E-state index >= 15 is 0 Å². The first-order valence-corrected chi connectivity index (χ1v) is 14.3. The van der Waals surface area contributed by atoms with E-state index in [1.54, 1.807) is 24.3 Å². The lowest BCUT2D eigenvalue weighted by Crippen LogP contribution is -2.44. The van der Waals surface area contributed by atoms with Crippen LogP contribution in [0.15, 0.2) is 107 Å². The van der Waals surface area contributed by atoms with Gasteiger partial charge in [0.15, 0.2) is 0 Å². The molecule has 0 spiro atoms. The number of benzene rings is 4. The number of fused-ring (bicyclic) bond motifs is 1. The van der Waals surface area contributed by atoms with E-state index in [9.17, 15) is 18.4 Å². The van der Waals surface area contributed by atoms with Gasteiger partial charge in [0.2, 0.25) is 10.0 Å². The van der Waals surface area contributed by atoms with Crippen molar-refractivity contribution in [3.63, 3.8) is 0 Å². The molecule has 0 saturated carbocycles. The molecule has 2 N–H and O–H groups in total. The van der Waals surface area contributed by atoms with Crippen LogP contribution in [0.25, 0.3) is 10.8 Å². The van der Waals surface area contributed by atoms with Crippen LogP contribution in [0.1, 0.15) is 18.4 Å². The van der Waals surface area contributed by atoms with Gasteiger partial charge in [-0.2, -0.15) is 0 Å². The maximum absolute atomic E-state index is 13.0. The lowest BCUT2D eigenvalue weighted by atomic mass is 10.1. The highest BCUT2D eigenvalue weighted by atomic mass is 32.2. The molecule has 0 radical (unpaired) electrons. The second kappa shape index (κ2) is 11.7. The molecular formula is C30H29N4O4S-. The lowest BCUT2D eigenvalue weighted by Gasteiger charge is -2.34. The molecule has 1 aliphatic rings. The second-order valence-corrected chi connectivity index (χ2v) is 11.3. The van der Waals surface area contributed by atoms with Gasteiger partial charge in [-0.1, -0.05) is 60.7 Å². The fraction of sp³-hybridized carbons (Fsp3) is 0.200. The van der Waals surface area contributed by atoms with Crippen molar-refractivity contribution in [3.05, 3.63) is 108 Å². The number of carbonyl (C=O) groups excluding carboxylic acids is 1. The van der Waals surface area contributed by atoms with Gasteiger partial charge < -0.3 is 20.6 Å². The second-order valence-electron chi connectivity index (χ2n) is 9.59. The molecule has 39 heavy (non-hydrogen) atoms. The van der Waals surface area contributed by atoms with Crippen molar-refractivity contribution in [2.45, 2.75) is 30.2 Å². The fourth-order valence-corrected chi connectivity index (χ4v) is 6.12. The van der Waals surface area contributed by atoms with E-state index < -0.39 is 15.9 Å². The number of sulfonamides is 1. The van der Waals surface area contributed by atoms with Crippen molar-refractivity contribution in [1.82, 2.24) is 4.72 Å². The van der Waals surface area contributed by atoms with Gasteiger partial charge in [-0.25, -0.2) is 13.1 Å². The molecular weight excluding hydrogens is 512 g/mol. The standard InChI is InChI=1S/C30H30N4O4S/c35-30(29(32-36)20-22-6-2-1-3-7-22)31-25-11-13-27(14-12-25)34-18-16-26(17-19-34)33-39(37,38)28-15-10-23-8-4-5-9-24(23)21-28/h1-15,21,26,33,36H,16-20H2,(H,31,35)/p-1/b32-29+. The van der Waals surface area contributed by atoms with Crippen LogP contribution >= 0.6 is 0 Å². The Morgan fingerprint density at radius 2 is 1.54 bits per heavy atom. The highest BCUT2D eigenvalue weighted by Gasteiger charge is 2.25. The fourth-order valence-electron chi connectivity index (χ4n) is 4.78. The number of carbonyl (C=O) groups is 1. The molecule has 1 amide bonds. The average Bonchev–Trinajstić information content (AvgIpc) is 2.97. The SMILES string of the molecule is O=C(Nc1ccc(N2CCC(NS(=O)(=O)c3ccc4ccccc4c3)CC2)cc1)/C(Cc1ccccc1)=N/[O-]. The molecule has 5 rings (SSSR count). The Morgan fingerprint density at radius 1 is 0.872 bits per heavy atom. The van der Waals surface area contributed by atoms with Gasteiger partial charge in [0.1, 0.15) is 0 Å². The van der Waals surface area contributed by atoms with E-state index in [-0.39, 0.29) is 23.1 Å². The van der Waals surface area contributed by atoms with Crippen molar-refractivity contribution < 1.29 is 13.2 Å². The van der Waals surface area contributed by atoms with Crippen molar-refractivity contribution in [2.75, 3.05) is 23.3 Å². The quantitative estimate of drug-likeness (QED) is 0.243. The van der Waals surface area contributed by atoms with Gasteiger partial charge >= 0.3 is 0 Å². The van der Waals surface area contributed by atoms with Crippen molar-refractivity contribution in [3.8, 4) is 0 Å². The van der Waals surface area contributed by atoms with Crippen LogP contribution in [0.2, 0.25) is 0 Å². The van der Waals surface area contributed by atoms with E-state index in [2.05, 4.69) is 20.1 Å². The normalized spacial score (nSPS) is 14.9. The smallest absolute Gasteiger partial charge is 0.269 e. The van der Waals surface area contributed by atoms with Gasteiger partial charge in [-0.15, -0.1) is 0 Å². The summed E-state index contributed by atoms with van der Waals surface area (Å²) in [6, 6.07) is 29.3. The minimum absolute atomic E-state index is 0.0847. The maximum Gasteiger partial charge on any atom is 0.269 e. The molecule has 200 valence electrons. The van der Waals surface area contributed by atoms with E-state index in [4.69, 9.17) is 0 Å². The Labute approximate surface area is 228 Å². The lowest BCUT2D eigenvalue weighted by molar-refractivity contribution is -0.110. The predicted molar refractivity (Wildman–Crippen MR) is 156 cm³/mol. The first-order chi connectivity index (χ1) is 18.9. The summed E-state index contributed by atoms with van der Waals surface area (Å²) in [4.78, 5) is 15.0. The Kier molecular flexibility index (Phi) is 7.90. The van der Waals surface area contributed by atoms with Gasteiger partial charge in [-0.3, -0.25) is 4.79 Å². The zero-order valence-electron chi connectivity index (χ0n) is 21.3. The first-order valence-electron chi connectivity index (χ1n) is 12.8. The van der Waals surface area contributed by atoms with Crippen LogP contribution in [0.3, 0.4) is 0 Å². The van der Waals surface area contributed by atoms with Crippen LogP contribution in [0.4, 0.5) is 11.4 Å². The van der Waals surface area contributed by atoms with E-state index in [0.29, 0.717) is 31.6 Å². The van der Waals surface area contributed by atoms with Crippen molar-refractivity contribution in [2.24, 2.45) is 5.16 Å². The number of rotatable bonds is 8. The van der Waals surface area contributed by atoms with Crippen molar-refractivity contribution in [1.29, 1.82) is 0 Å². The van der Waals surface area contributed by atoms with Gasteiger partial charge in [0, 0.05) is 36.9 Å². The number of anilines is 2. The summed E-state index contributed by atoms with van der Waals surface area (Å²) in [6.45, 7) is 1.39. The number of piperidine rings is 1. The predicted octanol–water partition coefficient (Wildman–Crippen LogP) is 4.91. The van der Waals surface area contributed by atoms with Crippen LogP contribution in [-0.2, 0) is 21.2 Å². The summed E-state index contributed by atoms with van der Waals surface area (Å²) >= 11 is 0. The largest absolute Gasteiger partial charge is 0.792 e. The third-order valence-electron chi connectivity index (χ3n) is 6.93. The third-order valence-corrected chi connectivity index (χ3v) is 8.44. The van der Waals surface area contributed by atoms with E-state index in [1.807, 2.05) is 72.8 Å². The maximum atomic E-state index is 13.0. The zero-order chi connectivity index (χ0) is 27.2. The van der Waals surface area contributed by atoms with Crippen molar-refractivity contribution >= 4 is 43.8 Å². The number of nitrogens with zero attached hydrogens (tertiary/aromatic N) is 2. The molecule has 4 aromatic carbocycles. The third kappa shape index (κ3) is 6.45. The molecule has 0 atom stereocenters. The Morgan fingerprint density at radius 3 is 2.23 bits per heavy atom. The molecule has 0 aromatic heterocycles. The number of nitrogens with one attached hydrogen (secondary N) is 2. The highest BCUT2D eigenvalue weighted by molar-refractivity contribution is 7.89. The molecule has 8 nitrogen and oxygen atoms in total. The van der Waals surface area contributed by atoms with Crippen LogP contribution in [-0.4, -0.2) is 39.2 Å². The minimum Gasteiger partial charge on any atom is -0.792 e. The molecule has 0 aliphatic carbocycles. The molecule has 1 heterocycles. The Balaban J connectivity index is 1.14. The monoisotopic (exact) mass is 541 g/mol. The number of amides is 1. The van der Waals surface area contributed by atoms with Crippen LogP contribution in [0, 0.1) is 5.21 Å². The molecule has 0 unspecified atom stereocenters. The molecule has 1 fully saturated rings. The molecule has 4 aromatic rings. The average molecular weight is 542 g/mol. The molecule has 0 bridgehead atoms. The van der Waals surface area contributed by atoms with Gasteiger partial charge in [0.25, 0.3) is 5.91 Å². The molecule has 9 heteroatoms. The van der Waals surface area contributed by atoms with Gasteiger partial charge in [0.05, 0.1) is 10.6 Å². The molecule has 1 aliphatic heterocycles.